The Bertz CT molecular complexity index is 340. The van der Waals surface area contributed by atoms with E-state index in [0.29, 0.717) is 0 Å². The van der Waals surface area contributed by atoms with E-state index < -0.39 is 0 Å². The first-order chi connectivity index (χ1) is 6.13. The Labute approximate surface area is 84.6 Å². The van der Waals surface area contributed by atoms with E-state index in [2.05, 4.69) is 52.0 Å². The Morgan fingerprint density at radius 1 is 1.31 bits per heavy atom. The summed E-state index contributed by atoms with van der Waals surface area (Å²) in [6.07, 6.45) is 4.36. The van der Waals surface area contributed by atoms with Crippen LogP contribution in [0.1, 0.15) is 30.5 Å². The molecule has 1 rings (SSSR count). The van der Waals surface area contributed by atoms with Crippen molar-refractivity contribution in [3.05, 3.63) is 39.6 Å². The van der Waals surface area contributed by atoms with Crippen molar-refractivity contribution in [2.45, 2.75) is 27.7 Å². The van der Waals surface area contributed by atoms with Crippen LogP contribution in [-0.4, -0.2) is 0 Å². The quantitative estimate of drug-likeness (QED) is 0.608. The number of thiophene rings is 1. The van der Waals surface area contributed by atoms with Gasteiger partial charge in [0.2, 0.25) is 0 Å². The lowest BCUT2D eigenvalue weighted by molar-refractivity contribution is 1.47. The Kier molecular flexibility index (Phi) is 3.49. The SMILES string of the molecule is C/C=C(C)\C=C(/C)c1ccc(C)s1. The molecule has 1 aromatic rings. The zero-order valence-electron chi connectivity index (χ0n) is 8.72. The fourth-order valence-electron chi connectivity index (χ4n) is 1.14. The van der Waals surface area contributed by atoms with Gasteiger partial charge in [0.25, 0.3) is 0 Å². The summed E-state index contributed by atoms with van der Waals surface area (Å²) in [5, 5.41) is 0. The van der Waals surface area contributed by atoms with Crippen molar-refractivity contribution in [2.24, 2.45) is 0 Å². The van der Waals surface area contributed by atoms with E-state index in [0.717, 1.165) is 0 Å². The standard InChI is InChI=1S/C12H16S/c1-5-9(2)8-10(3)12-7-6-11(4)13-12/h5-8H,1-4H3/b9-5-,10-8+. The lowest BCUT2D eigenvalue weighted by atomic mass is 10.1. The highest BCUT2D eigenvalue weighted by Crippen LogP contribution is 2.24. The van der Waals surface area contributed by atoms with Crippen molar-refractivity contribution in [1.82, 2.24) is 0 Å². The molecule has 0 nitrogen and oxygen atoms in total. The smallest absolute Gasteiger partial charge is 0.0302 e. The van der Waals surface area contributed by atoms with E-state index in [1.165, 1.54) is 20.9 Å². The van der Waals surface area contributed by atoms with Crippen molar-refractivity contribution in [3.8, 4) is 0 Å². The lowest BCUT2D eigenvalue weighted by Gasteiger charge is -1.96. The van der Waals surface area contributed by atoms with E-state index in [-0.39, 0.29) is 0 Å². The van der Waals surface area contributed by atoms with E-state index in [4.69, 9.17) is 0 Å². The third-order valence-electron chi connectivity index (χ3n) is 2.03. The molecule has 1 aromatic heterocycles. The minimum atomic E-state index is 1.32. The summed E-state index contributed by atoms with van der Waals surface area (Å²) in [5.41, 5.74) is 2.68. The average molecular weight is 192 g/mol. The van der Waals surface area contributed by atoms with Crippen LogP contribution in [0.3, 0.4) is 0 Å². The summed E-state index contributed by atoms with van der Waals surface area (Å²) in [4.78, 5) is 2.75. The van der Waals surface area contributed by atoms with Gasteiger partial charge in [0.05, 0.1) is 0 Å². The summed E-state index contributed by atoms with van der Waals surface area (Å²) in [5.74, 6) is 0. The minimum Gasteiger partial charge on any atom is -0.141 e. The Morgan fingerprint density at radius 2 is 2.00 bits per heavy atom. The third kappa shape index (κ3) is 2.85. The van der Waals surface area contributed by atoms with Gasteiger partial charge in [-0.25, -0.2) is 0 Å². The summed E-state index contributed by atoms with van der Waals surface area (Å²) in [6.45, 7) is 8.50. The molecule has 0 unspecified atom stereocenters. The van der Waals surface area contributed by atoms with E-state index in [9.17, 15) is 0 Å². The van der Waals surface area contributed by atoms with Gasteiger partial charge >= 0.3 is 0 Å². The molecular formula is C12H16S. The highest BCUT2D eigenvalue weighted by molar-refractivity contribution is 7.13. The van der Waals surface area contributed by atoms with Crippen LogP contribution in [0.25, 0.3) is 5.57 Å². The Balaban J connectivity index is 2.91. The van der Waals surface area contributed by atoms with Crippen molar-refractivity contribution in [1.29, 1.82) is 0 Å². The maximum Gasteiger partial charge on any atom is 0.0302 e. The Morgan fingerprint density at radius 3 is 2.46 bits per heavy atom. The van der Waals surface area contributed by atoms with Crippen LogP contribution >= 0.6 is 11.3 Å². The second-order valence-corrected chi connectivity index (χ2v) is 4.56. The number of rotatable bonds is 2. The molecule has 0 aliphatic rings. The van der Waals surface area contributed by atoms with Crippen molar-refractivity contribution in [3.63, 3.8) is 0 Å². The van der Waals surface area contributed by atoms with Gasteiger partial charge in [-0.1, -0.05) is 17.7 Å². The molecule has 0 saturated carbocycles. The van der Waals surface area contributed by atoms with Crippen molar-refractivity contribution in [2.75, 3.05) is 0 Å². The molecule has 0 amide bonds. The van der Waals surface area contributed by atoms with Gasteiger partial charge < -0.3 is 0 Å². The summed E-state index contributed by atoms with van der Waals surface area (Å²) in [7, 11) is 0. The van der Waals surface area contributed by atoms with Gasteiger partial charge in [-0.3, -0.25) is 0 Å². The van der Waals surface area contributed by atoms with Crippen LogP contribution in [0.2, 0.25) is 0 Å². The first-order valence-corrected chi connectivity index (χ1v) is 5.33. The summed E-state index contributed by atoms with van der Waals surface area (Å²) < 4.78 is 0. The maximum atomic E-state index is 2.23. The molecule has 0 aromatic carbocycles. The fourth-order valence-corrected chi connectivity index (χ4v) is 1.98. The van der Waals surface area contributed by atoms with Crippen LogP contribution in [0, 0.1) is 6.92 Å². The van der Waals surface area contributed by atoms with Crippen LogP contribution in [0.4, 0.5) is 0 Å². The molecule has 1 heteroatoms. The molecule has 0 aliphatic carbocycles. The highest BCUT2D eigenvalue weighted by Gasteiger charge is 1.97. The number of hydrogen-bond acceptors (Lipinski definition) is 1. The predicted molar refractivity (Wildman–Crippen MR) is 62.1 cm³/mol. The van der Waals surface area contributed by atoms with E-state index in [1.54, 1.807) is 0 Å². The number of aryl methyl sites for hydroxylation is 1. The average Bonchev–Trinajstić information content (AvgIpc) is 2.51. The summed E-state index contributed by atoms with van der Waals surface area (Å²) in [6, 6.07) is 4.36. The van der Waals surface area contributed by atoms with Gasteiger partial charge in [-0.05, 0) is 45.4 Å². The van der Waals surface area contributed by atoms with Gasteiger partial charge in [-0.15, -0.1) is 11.3 Å². The topological polar surface area (TPSA) is 0 Å². The largest absolute Gasteiger partial charge is 0.141 e. The van der Waals surface area contributed by atoms with E-state index >= 15 is 0 Å². The van der Waals surface area contributed by atoms with Gasteiger partial charge in [0.15, 0.2) is 0 Å². The van der Waals surface area contributed by atoms with Crippen LogP contribution in [0.15, 0.2) is 29.9 Å². The van der Waals surface area contributed by atoms with Crippen LogP contribution in [-0.2, 0) is 0 Å². The molecule has 0 radical (unpaired) electrons. The molecule has 0 saturated heterocycles. The number of hydrogen-bond donors (Lipinski definition) is 0. The second-order valence-electron chi connectivity index (χ2n) is 3.27. The second kappa shape index (κ2) is 4.43. The van der Waals surface area contributed by atoms with Crippen molar-refractivity contribution >= 4 is 16.9 Å². The zero-order chi connectivity index (χ0) is 9.84. The molecule has 70 valence electrons. The molecule has 0 N–H and O–H groups in total. The molecule has 0 atom stereocenters. The predicted octanol–water partition coefficient (Wildman–Crippen LogP) is 4.43. The Hall–Kier alpha value is -0.820. The normalized spacial score (nSPS) is 13.5. The maximum absolute atomic E-state index is 2.23. The first-order valence-electron chi connectivity index (χ1n) is 4.51. The molecule has 0 fully saturated rings. The van der Waals surface area contributed by atoms with E-state index in [1.807, 2.05) is 11.3 Å². The molecular weight excluding hydrogens is 176 g/mol. The minimum absolute atomic E-state index is 1.32. The molecule has 0 spiro atoms. The third-order valence-corrected chi connectivity index (χ3v) is 3.16. The summed E-state index contributed by atoms with van der Waals surface area (Å²) >= 11 is 1.85. The van der Waals surface area contributed by atoms with Crippen LogP contribution < -0.4 is 0 Å². The number of allylic oxidation sites excluding steroid dienone is 4. The van der Waals surface area contributed by atoms with Crippen molar-refractivity contribution < 1.29 is 0 Å². The zero-order valence-corrected chi connectivity index (χ0v) is 9.53. The first kappa shape index (κ1) is 10.3. The van der Waals surface area contributed by atoms with Crippen LogP contribution in [0.5, 0.6) is 0 Å². The molecule has 1 heterocycles. The molecule has 0 aliphatic heterocycles. The fraction of sp³-hybridized carbons (Fsp3) is 0.333. The monoisotopic (exact) mass is 192 g/mol. The lowest BCUT2D eigenvalue weighted by Crippen LogP contribution is -1.73. The van der Waals surface area contributed by atoms with Gasteiger partial charge in [0, 0.05) is 9.75 Å². The van der Waals surface area contributed by atoms with Gasteiger partial charge in [-0.2, -0.15) is 0 Å². The van der Waals surface area contributed by atoms with Gasteiger partial charge in [0.1, 0.15) is 0 Å². The highest BCUT2D eigenvalue weighted by atomic mass is 32.1. The molecule has 13 heavy (non-hydrogen) atoms. The molecule has 0 bridgehead atoms.